The second-order valence-corrected chi connectivity index (χ2v) is 6.42. The van der Waals surface area contributed by atoms with Gasteiger partial charge in [-0.2, -0.15) is 0 Å². The summed E-state index contributed by atoms with van der Waals surface area (Å²) >= 11 is 6.62. The van der Waals surface area contributed by atoms with Crippen LogP contribution >= 0.6 is 31.9 Å². The van der Waals surface area contributed by atoms with Crippen molar-refractivity contribution < 1.29 is 24.5 Å². The van der Waals surface area contributed by atoms with Gasteiger partial charge in [-0.05, 0) is 34.1 Å². The standard InChI is InChI=1S/C13H13Br2NO5/c14-7-1-2-11(9(15)3-7)21-6-12(18)16-5-8(17)4-10(16)13(19)20/h1-3,8,10,17H,4-6H2,(H,19,20)/t8-,10+/m1/s1. The Kier molecular flexibility index (Phi) is 5.23. The predicted molar refractivity (Wildman–Crippen MR) is 81.1 cm³/mol. The molecule has 0 aromatic heterocycles. The van der Waals surface area contributed by atoms with Crippen LogP contribution in [-0.4, -0.2) is 52.3 Å². The number of aliphatic carboxylic acids is 1. The maximum absolute atomic E-state index is 12.1. The van der Waals surface area contributed by atoms with E-state index in [1.165, 1.54) is 0 Å². The number of likely N-dealkylation sites (tertiary alicyclic amines) is 1. The van der Waals surface area contributed by atoms with Gasteiger partial charge in [-0.25, -0.2) is 4.79 Å². The molecule has 114 valence electrons. The van der Waals surface area contributed by atoms with Crippen molar-refractivity contribution in [3.8, 4) is 5.75 Å². The molecule has 1 fully saturated rings. The molecule has 2 rings (SSSR count). The first-order chi connectivity index (χ1) is 9.88. The van der Waals surface area contributed by atoms with Crippen LogP contribution in [0.5, 0.6) is 5.75 Å². The molecular weight excluding hydrogens is 410 g/mol. The molecule has 2 N–H and O–H groups in total. The summed E-state index contributed by atoms with van der Waals surface area (Å²) in [5, 5.41) is 18.6. The predicted octanol–water partition coefficient (Wildman–Crippen LogP) is 1.64. The van der Waals surface area contributed by atoms with Gasteiger partial charge in [0.2, 0.25) is 0 Å². The van der Waals surface area contributed by atoms with E-state index in [2.05, 4.69) is 31.9 Å². The molecule has 2 atom stereocenters. The summed E-state index contributed by atoms with van der Waals surface area (Å²) < 4.78 is 6.94. The Morgan fingerprint density at radius 2 is 2.10 bits per heavy atom. The van der Waals surface area contributed by atoms with Crippen molar-refractivity contribution in [3.05, 3.63) is 27.1 Å². The highest BCUT2D eigenvalue weighted by Gasteiger charge is 2.38. The van der Waals surface area contributed by atoms with Gasteiger partial charge in [-0.1, -0.05) is 15.9 Å². The molecule has 0 bridgehead atoms. The lowest BCUT2D eigenvalue weighted by Crippen LogP contribution is -2.42. The lowest BCUT2D eigenvalue weighted by molar-refractivity contribution is -0.149. The van der Waals surface area contributed by atoms with Crippen molar-refractivity contribution in [2.45, 2.75) is 18.6 Å². The number of rotatable bonds is 4. The Morgan fingerprint density at radius 1 is 1.38 bits per heavy atom. The molecule has 8 heteroatoms. The van der Waals surface area contributed by atoms with Gasteiger partial charge in [-0.15, -0.1) is 0 Å². The molecule has 0 radical (unpaired) electrons. The summed E-state index contributed by atoms with van der Waals surface area (Å²) in [5.74, 6) is -1.10. The molecule has 1 aromatic rings. The number of carboxylic acids is 1. The second kappa shape index (κ2) is 6.76. The lowest BCUT2D eigenvalue weighted by atomic mass is 10.2. The van der Waals surface area contributed by atoms with E-state index >= 15 is 0 Å². The highest BCUT2D eigenvalue weighted by molar-refractivity contribution is 9.11. The summed E-state index contributed by atoms with van der Waals surface area (Å²) in [6, 6.07) is 4.24. The first-order valence-corrected chi connectivity index (χ1v) is 7.75. The molecule has 1 aliphatic heterocycles. The summed E-state index contributed by atoms with van der Waals surface area (Å²) in [5.41, 5.74) is 0. The maximum atomic E-state index is 12.1. The number of aliphatic hydroxyl groups excluding tert-OH is 1. The molecule has 0 aliphatic carbocycles. The van der Waals surface area contributed by atoms with Crippen molar-refractivity contribution in [2.24, 2.45) is 0 Å². The topological polar surface area (TPSA) is 87.1 Å². The molecular formula is C13H13Br2NO5. The summed E-state index contributed by atoms with van der Waals surface area (Å²) in [6.07, 6.45) is -0.766. The summed E-state index contributed by atoms with van der Waals surface area (Å²) in [6.45, 7) is -0.266. The van der Waals surface area contributed by atoms with Crippen LogP contribution in [0.3, 0.4) is 0 Å². The van der Waals surface area contributed by atoms with Crippen LogP contribution in [0.1, 0.15) is 6.42 Å². The van der Waals surface area contributed by atoms with E-state index in [1.54, 1.807) is 18.2 Å². The van der Waals surface area contributed by atoms with Crippen LogP contribution in [0, 0.1) is 0 Å². The molecule has 0 spiro atoms. The zero-order chi connectivity index (χ0) is 15.6. The number of halogens is 2. The normalized spacial score (nSPS) is 21.4. The Balaban J connectivity index is 1.99. The van der Waals surface area contributed by atoms with E-state index in [4.69, 9.17) is 9.84 Å². The van der Waals surface area contributed by atoms with Crippen LogP contribution in [-0.2, 0) is 9.59 Å². The van der Waals surface area contributed by atoms with Crippen molar-refractivity contribution in [1.82, 2.24) is 4.90 Å². The van der Waals surface area contributed by atoms with Gasteiger partial charge in [-0.3, -0.25) is 4.79 Å². The maximum Gasteiger partial charge on any atom is 0.326 e. The molecule has 0 saturated carbocycles. The minimum Gasteiger partial charge on any atom is -0.483 e. The molecule has 0 unspecified atom stereocenters. The second-order valence-electron chi connectivity index (χ2n) is 4.65. The highest BCUT2D eigenvalue weighted by atomic mass is 79.9. The first kappa shape index (κ1) is 16.3. The molecule has 6 nitrogen and oxygen atoms in total. The summed E-state index contributed by atoms with van der Waals surface area (Å²) in [4.78, 5) is 24.3. The van der Waals surface area contributed by atoms with E-state index in [9.17, 15) is 14.7 Å². The van der Waals surface area contributed by atoms with Crippen LogP contribution in [0.2, 0.25) is 0 Å². The minimum absolute atomic E-state index is 0.0146. The quantitative estimate of drug-likeness (QED) is 0.770. The van der Waals surface area contributed by atoms with Crippen LogP contribution in [0.25, 0.3) is 0 Å². The molecule has 1 heterocycles. The third-order valence-electron chi connectivity index (χ3n) is 3.13. The van der Waals surface area contributed by atoms with Crippen molar-refractivity contribution >= 4 is 43.7 Å². The summed E-state index contributed by atoms with van der Waals surface area (Å²) in [7, 11) is 0. The first-order valence-electron chi connectivity index (χ1n) is 6.16. The zero-order valence-corrected chi connectivity index (χ0v) is 14.0. The Bertz CT molecular complexity index is 565. The number of amides is 1. The molecule has 1 aliphatic rings. The monoisotopic (exact) mass is 421 g/mol. The number of carboxylic acid groups (broad SMARTS) is 1. The van der Waals surface area contributed by atoms with Gasteiger partial charge < -0.3 is 19.8 Å². The molecule has 1 aromatic carbocycles. The van der Waals surface area contributed by atoms with Gasteiger partial charge in [0.25, 0.3) is 5.91 Å². The minimum atomic E-state index is -1.12. The van der Waals surface area contributed by atoms with Crippen molar-refractivity contribution in [3.63, 3.8) is 0 Å². The Morgan fingerprint density at radius 3 is 2.71 bits per heavy atom. The van der Waals surface area contributed by atoms with Gasteiger partial charge in [0.05, 0.1) is 10.6 Å². The van der Waals surface area contributed by atoms with E-state index in [0.29, 0.717) is 10.2 Å². The number of carbonyl (C=O) groups excluding carboxylic acids is 1. The number of nitrogens with zero attached hydrogens (tertiary/aromatic N) is 1. The van der Waals surface area contributed by atoms with Crippen molar-refractivity contribution in [1.29, 1.82) is 0 Å². The number of carbonyl (C=O) groups is 2. The SMILES string of the molecule is O=C(O)[C@@H]1C[C@@H](O)CN1C(=O)COc1ccc(Br)cc1Br. The average Bonchev–Trinajstić information content (AvgIpc) is 2.80. The van der Waals surface area contributed by atoms with E-state index in [-0.39, 0.29) is 19.6 Å². The Hall–Kier alpha value is -1.12. The molecule has 21 heavy (non-hydrogen) atoms. The van der Waals surface area contributed by atoms with E-state index in [0.717, 1.165) is 9.37 Å². The van der Waals surface area contributed by atoms with Crippen LogP contribution in [0.4, 0.5) is 0 Å². The highest BCUT2D eigenvalue weighted by Crippen LogP contribution is 2.28. The third kappa shape index (κ3) is 3.96. The smallest absolute Gasteiger partial charge is 0.326 e. The van der Waals surface area contributed by atoms with E-state index in [1.807, 2.05) is 0 Å². The van der Waals surface area contributed by atoms with E-state index < -0.39 is 24.0 Å². The number of hydrogen-bond acceptors (Lipinski definition) is 4. The molecule has 1 amide bonds. The number of aliphatic hydroxyl groups is 1. The molecule has 1 saturated heterocycles. The number of β-amino-alcohol motifs (C(OH)–C–C–N with tert-alkyl or cyclic N) is 1. The number of ether oxygens (including phenoxy) is 1. The fourth-order valence-corrected chi connectivity index (χ4v) is 3.30. The van der Waals surface area contributed by atoms with Crippen LogP contribution < -0.4 is 4.74 Å². The van der Waals surface area contributed by atoms with Gasteiger partial charge in [0.1, 0.15) is 11.8 Å². The van der Waals surface area contributed by atoms with Gasteiger partial charge in [0, 0.05) is 17.4 Å². The third-order valence-corrected chi connectivity index (χ3v) is 4.24. The average molecular weight is 423 g/mol. The zero-order valence-electron chi connectivity index (χ0n) is 10.8. The van der Waals surface area contributed by atoms with Crippen molar-refractivity contribution in [2.75, 3.05) is 13.2 Å². The largest absolute Gasteiger partial charge is 0.483 e. The Labute approximate surface area is 138 Å². The fourth-order valence-electron chi connectivity index (χ4n) is 2.14. The number of hydrogen-bond donors (Lipinski definition) is 2. The van der Waals surface area contributed by atoms with Crippen LogP contribution in [0.15, 0.2) is 27.1 Å². The lowest BCUT2D eigenvalue weighted by Gasteiger charge is -2.21. The fraction of sp³-hybridized carbons (Fsp3) is 0.385. The van der Waals surface area contributed by atoms with Gasteiger partial charge >= 0.3 is 5.97 Å². The van der Waals surface area contributed by atoms with Gasteiger partial charge in [0.15, 0.2) is 6.61 Å². The number of benzene rings is 1.